The number of pyridine rings is 1. The number of hydrogen-bond donors (Lipinski definition) is 0. The Balaban J connectivity index is 2.29. The van der Waals surface area contributed by atoms with Crippen molar-refractivity contribution in [2.24, 2.45) is 0 Å². The Morgan fingerprint density at radius 1 is 1.10 bits per heavy atom. The van der Waals surface area contributed by atoms with Gasteiger partial charge in [-0.1, -0.05) is 43.7 Å². The summed E-state index contributed by atoms with van der Waals surface area (Å²) in [5.74, 6) is -0.151. The quantitative estimate of drug-likeness (QED) is 0.432. The molecule has 0 unspecified atom stereocenters. The lowest BCUT2D eigenvalue weighted by molar-refractivity contribution is -0.574. The van der Waals surface area contributed by atoms with Crippen molar-refractivity contribution in [3.05, 3.63) is 71.2 Å². The lowest BCUT2D eigenvalue weighted by Gasteiger charge is -2.34. The van der Waals surface area contributed by atoms with Gasteiger partial charge in [0.2, 0.25) is 0 Å². The molecule has 21 heavy (non-hydrogen) atoms. The molecule has 104 valence electrons. The minimum absolute atomic E-state index is 0.151. The van der Waals surface area contributed by atoms with E-state index in [1.54, 1.807) is 12.1 Å². The highest BCUT2D eigenvalue weighted by atomic mass is 19.1. The van der Waals surface area contributed by atoms with Gasteiger partial charge in [-0.05, 0) is 30.0 Å². The van der Waals surface area contributed by atoms with Crippen LogP contribution in [0.2, 0.25) is 0 Å². The van der Waals surface area contributed by atoms with Crippen LogP contribution in [0.1, 0.15) is 30.5 Å². The van der Waals surface area contributed by atoms with Crippen molar-refractivity contribution < 1.29 is 8.96 Å². The van der Waals surface area contributed by atoms with Crippen molar-refractivity contribution in [2.75, 3.05) is 0 Å². The van der Waals surface area contributed by atoms with Crippen molar-refractivity contribution >= 4 is 10.9 Å². The first-order chi connectivity index (χ1) is 10.0. The minimum atomic E-state index is -0.359. The molecule has 0 radical (unpaired) electrons. The molecular formula is C19H16FN. The normalized spacial score (nSPS) is 15.0. The second kappa shape index (κ2) is 3.91. The van der Waals surface area contributed by atoms with Gasteiger partial charge in [-0.3, -0.25) is 4.57 Å². The van der Waals surface area contributed by atoms with Crippen LogP contribution in [0.3, 0.4) is 0 Å². The van der Waals surface area contributed by atoms with E-state index in [1.165, 1.54) is 10.9 Å². The van der Waals surface area contributed by atoms with Crippen LogP contribution in [-0.4, -0.2) is 0 Å². The number of nitrogens with zero attached hydrogens (tertiary/aromatic N) is 1. The van der Waals surface area contributed by atoms with Crippen LogP contribution in [0.5, 0.6) is 0 Å². The Labute approximate surface area is 123 Å². The molecule has 1 nitrogen and oxygen atoms in total. The summed E-state index contributed by atoms with van der Waals surface area (Å²) in [5.41, 5.74) is 4.80. The summed E-state index contributed by atoms with van der Waals surface area (Å²) in [6, 6.07) is 13.5. The molecule has 0 bridgehead atoms. The van der Waals surface area contributed by atoms with Crippen LogP contribution < -0.4 is 4.57 Å². The molecule has 3 aromatic rings. The molecule has 0 aliphatic carbocycles. The monoisotopic (exact) mass is 277 g/mol. The Morgan fingerprint density at radius 2 is 1.90 bits per heavy atom. The fourth-order valence-electron chi connectivity index (χ4n) is 3.57. The number of hydrogen-bond acceptors (Lipinski definition) is 0. The van der Waals surface area contributed by atoms with E-state index in [-0.39, 0.29) is 11.2 Å². The fraction of sp³-hybridized carbons (Fsp3) is 0.211. The van der Waals surface area contributed by atoms with Gasteiger partial charge in [-0.15, -0.1) is 6.07 Å². The Bertz CT molecular complexity index is 893. The van der Waals surface area contributed by atoms with Crippen molar-refractivity contribution in [1.82, 2.24) is 0 Å². The molecule has 4 rings (SSSR count). The Morgan fingerprint density at radius 3 is 2.71 bits per heavy atom. The van der Waals surface area contributed by atoms with Crippen molar-refractivity contribution in [3.8, 4) is 5.69 Å². The van der Waals surface area contributed by atoms with Gasteiger partial charge in [0, 0.05) is 11.0 Å². The molecule has 0 spiro atoms. The van der Waals surface area contributed by atoms with Crippen LogP contribution in [0, 0.1) is 18.9 Å². The van der Waals surface area contributed by atoms with E-state index >= 15 is 0 Å². The molecule has 1 aromatic heterocycles. The molecule has 1 aliphatic rings. The number of halogens is 1. The molecule has 0 amide bonds. The molecule has 2 heterocycles. The predicted molar refractivity (Wildman–Crippen MR) is 81.1 cm³/mol. The zero-order valence-corrected chi connectivity index (χ0v) is 12.4. The standard InChI is InChI=1S/C19H16FN/c1-12-9-10-14-18-13(12)6-5-11-21(18)16-8-4-7-15(20)17(16)19(14,2)3/h4-10H,1-3H3. The van der Waals surface area contributed by atoms with Gasteiger partial charge in [-0.2, -0.15) is 0 Å². The van der Waals surface area contributed by atoms with Gasteiger partial charge in [0.1, 0.15) is 17.0 Å². The van der Waals surface area contributed by atoms with Crippen LogP contribution in [0.15, 0.2) is 42.5 Å². The number of rotatable bonds is 0. The maximum absolute atomic E-state index is 14.5. The van der Waals surface area contributed by atoms with Crippen molar-refractivity contribution in [1.29, 1.82) is 0 Å². The van der Waals surface area contributed by atoms with Gasteiger partial charge in [0.25, 0.3) is 0 Å². The number of benzene rings is 2. The third kappa shape index (κ3) is 1.48. The summed E-state index contributed by atoms with van der Waals surface area (Å²) in [5, 5.41) is 1.20. The lowest BCUT2D eigenvalue weighted by atomic mass is 9.73. The fourth-order valence-corrected chi connectivity index (χ4v) is 3.57. The molecule has 2 heteroatoms. The highest BCUT2D eigenvalue weighted by Crippen LogP contribution is 2.41. The molecule has 0 N–H and O–H groups in total. The second-order valence-corrected chi connectivity index (χ2v) is 6.25. The van der Waals surface area contributed by atoms with Crippen LogP contribution in [0.4, 0.5) is 4.39 Å². The Kier molecular flexibility index (Phi) is 2.33. The zero-order chi connectivity index (χ0) is 14.8. The average molecular weight is 277 g/mol. The highest BCUT2D eigenvalue weighted by Gasteiger charge is 2.36. The van der Waals surface area contributed by atoms with Crippen LogP contribution in [0.25, 0.3) is 16.6 Å². The van der Waals surface area contributed by atoms with Crippen LogP contribution in [-0.2, 0) is 5.41 Å². The van der Waals surface area contributed by atoms with E-state index in [0.717, 1.165) is 22.3 Å². The second-order valence-electron chi connectivity index (χ2n) is 6.25. The summed E-state index contributed by atoms with van der Waals surface area (Å²) < 4.78 is 16.5. The van der Waals surface area contributed by atoms with E-state index in [1.807, 2.05) is 16.7 Å². The van der Waals surface area contributed by atoms with E-state index in [0.29, 0.717) is 0 Å². The molecule has 0 saturated carbocycles. The average Bonchev–Trinajstić information content (AvgIpc) is 2.45. The molecule has 2 aromatic carbocycles. The summed E-state index contributed by atoms with van der Waals surface area (Å²) in [6.07, 6.45) is 3.25. The minimum Gasteiger partial charge on any atom is -0.278 e. The summed E-state index contributed by atoms with van der Waals surface area (Å²) in [4.78, 5) is 0. The summed E-state index contributed by atoms with van der Waals surface area (Å²) in [7, 11) is 0. The third-order valence-electron chi connectivity index (χ3n) is 4.64. The number of fused-ring (bicyclic) bond motifs is 2. The molecule has 0 atom stereocenters. The predicted octanol–water partition coefficient (Wildman–Crippen LogP) is 4.00. The van der Waals surface area contributed by atoms with Gasteiger partial charge < -0.3 is 0 Å². The smallest absolute Gasteiger partial charge is 0.152 e. The molecule has 1 aliphatic heterocycles. The first kappa shape index (κ1) is 12.5. The largest absolute Gasteiger partial charge is 0.278 e. The van der Waals surface area contributed by atoms with Gasteiger partial charge in [-0.25, -0.2) is 4.39 Å². The first-order valence-corrected chi connectivity index (χ1v) is 7.18. The Hall–Kier alpha value is -2.22. The summed E-state index contributed by atoms with van der Waals surface area (Å²) in [6.45, 7) is 6.29. The van der Waals surface area contributed by atoms with Gasteiger partial charge in [0.15, 0.2) is 6.20 Å². The van der Waals surface area contributed by atoms with E-state index in [4.69, 9.17) is 0 Å². The SMILES string of the molecule is Cc1ccc2c3c1cc[c-][n+]3-c1cccc(F)c1C2(C)C. The highest BCUT2D eigenvalue weighted by molar-refractivity contribution is 5.85. The van der Waals surface area contributed by atoms with Crippen LogP contribution >= 0.6 is 0 Å². The zero-order valence-electron chi connectivity index (χ0n) is 12.4. The van der Waals surface area contributed by atoms with E-state index < -0.39 is 0 Å². The molecule has 0 saturated heterocycles. The van der Waals surface area contributed by atoms with Gasteiger partial charge in [0.05, 0.1) is 0 Å². The lowest BCUT2D eigenvalue weighted by Crippen LogP contribution is -2.43. The maximum atomic E-state index is 14.5. The van der Waals surface area contributed by atoms with Crippen molar-refractivity contribution in [2.45, 2.75) is 26.2 Å². The molecular weight excluding hydrogens is 261 g/mol. The number of aryl methyl sites for hydroxylation is 1. The van der Waals surface area contributed by atoms with E-state index in [9.17, 15) is 4.39 Å². The topological polar surface area (TPSA) is 3.88 Å². The van der Waals surface area contributed by atoms with Crippen molar-refractivity contribution in [3.63, 3.8) is 0 Å². The number of aromatic nitrogens is 1. The molecule has 0 fully saturated rings. The van der Waals surface area contributed by atoms with E-state index in [2.05, 4.69) is 45.2 Å². The third-order valence-corrected chi connectivity index (χ3v) is 4.64. The van der Waals surface area contributed by atoms with Gasteiger partial charge >= 0.3 is 0 Å². The maximum Gasteiger partial charge on any atom is 0.152 e. The first-order valence-electron chi connectivity index (χ1n) is 7.18. The summed E-state index contributed by atoms with van der Waals surface area (Å²) >= 11 is 0.